The van der Waals surface area contributed by atoms with Crippen LogP contribution < -0.4 is 0 Å². The fraction of sp³-hybridized carbons (Fsp3) is 0.545. The Kier molecular flexibility index (Phi) is 4.22. The SMILES string of the molecule is Cc1csc(Cc2noc(CCCCO)n2)n1. The van der Waals surface area contributed by atoms with Gasteiger partial charge in [-0.25, -0.2) is 4.98 Å². The lowest BCUT2D eigenvalue weighted by Gasteiger charge is -1.91. The summed E-state index contributed by atoms with van der Waals surface area (Å²) in [5.41, 5.74) is 1.02. The summed E-state index contributed by atoms with van der Waals surface area (Å²) in [7, 11) is 0. The van der Waals surface area contributed by atoms with Crippen molar-refractivity contribution in [1.82, 2.24) is 15.1 Å². The van der Waals surface area contributed by atoms with Crippen LogP contribution in [-0.4, -0.2) is 26.8 Å². The normalized spacial score (nSPS) is 10.9. The number of aromatic nitrogens is 3. The summed E-state index contributed by atoms with van der Waals surface area (Å²) in [6.45, 7) is 2.18. The Labute approximate surface area is 104 Å². The molecule has 2 rings (SSSR count). The first-order valence-electron chi connectivity index (χ1n) is 5.61. The second kappa shape index (κ2) is 5.88. The van der Waals surface area contributed by atoms with Crippen LogP contribution in [0.2, 0.25) is 0 Å². The summed E-state index contributed by atoms with van der Waals surface area (Å²) in [6, 6.07) is 0. The molecule has 0 spiro atoms. The second-order valence-electron chi connectivity index (χ2n) is 3.84. The van der Waals surface area contributed by atoms with Crippen LogP contribution in [-0.2, 0) is 12.8 Å². The molecule has 0 bridgehead atoms. The van der Waals surface area contributed by atoms with E-state index in [1.807, 2.05) is 12.3 Å². The number of hydrogen-bond donors (Lipinski definition) is 1. The van der Waals surface area contributed by atoms with E-state index in [2.05, 4.69) is 15.1 Å². The van der Waals surface area contributed by atoms with Crippen molar-refractivity contribution >= 4 is 11.3 Å². The molecule has 0 aliphatic heterocycles. The molecule has 92 valence electrons. The maximum atomic E-state index is 8.67. The van der Waals surface area contributed by atoms with Crippen LogP contribution in [0.1, 0.15) is 35.3 Å². The first kappa shape index (κ1) is 12.2. The molecule has 17 heavy (non-hydrogen) atoms. The van der Waals surface area contributed by atoms with Gasteiger partial charge < -0.3 is 9.63 Å². The van der Waals surface area contributed by atoms with Gasteiger partial charge in [-0.15, -0.1) is 11.3 Å². The topological polar surface area (TPSA) is 72.0 Å². The summed E-state index contributed by atoms with van der Waals surface area (Å²) < 4.78 is 5.12. The van der Waals surface area contributed by atoms with Gasteiger partial charge in [0.1, 0.15) is 5.01 Å². The van der Waals surface area contributed by atoms with Crippen molar-refractivity contribution in [1.29, 1.82) is 0 Å². The predicted molar refractivity (Wildman–Crippen MR) is 64.0 cm³/mol. The quantitative estimate of drug-likeness (QED) is 0.794. The Morgan fingerprint density at radius 1 is 1.35 bits per heavy atom. The largest absolute Gasteiger partial charge is 0.396 e. The molecule has 2 heterocycles. The van der Waals surface area contributed by atoms with E-state index in [9.17, 15) is 0 Å². The molecule has 0 aliphatic rings. The smallest absolute Gasteiger partial charge is 0.226 e. The molecule has 0 aromatic carbocycles. The van der Waals surface area contributed by atoms with Crippen molar-refractivity contribution in [2.45, 2.75) is 32.6 Å². The molecule has 0 amide bonds. The number of hydrogen-bond acceptors (Lipinski definition) is 6. The minimum Gasteiger partial charge on any atom is -0.396 e. The molecular formula is C11H15N3O2S. The van der Waals surface area contributed by atoms with Gasteiger partial charge in [0.15, 0.2) is 5.82 Å². The van der Waals surface area contributed by atoms with E-state index < -0.39 is 0 Å². The molecule has 5 nitrogen and oxygen atoms in total. The highest BCUT2D eigenvalue weighted by molar-refractivity contribution is 7.09. The van der Waals surface area contributed by atoms with E-state index in [-0.39, 0.29) is 6.61 Å². The average Bonchev–Trinajstić information content (AvgIpc) is 2.90. The first-order chi connectivity index (χ1) is 8.28. The Bertz CT molecular complexity index is 467. The lowest BCUT2D eigenvalue weighted by molar-refractivity contribution is 0.280. The fourth-order valence-corrected chi connectivity index (χ4v) is 2.24. The summed E-state index contributed by atoms with van der Waals surface area (Å²) in [4.78, 5) is 8.65. The van der Waals surface area contributed by atoms with Gasteiger partial charge in [-0.3, -0.25) is 0 Å². The van der Waals surface area contributed by atoms with Crippen molar-refractivity contribution in [2.75, 3.05) is 6.61 Å². The number of thiazole rings is 1. The van der Waals surface area contributed by atoms with Gasteiger partial charge in [-0.2, -0.15) is 4.98 Å². The summed E-state index contributed by atoms with van der Waals surface area (Å²) in [6.07, 6.45) is 2.99. The molecule has 6 heteroatoms. The van der Waals surface area contributed by atoms with Crippen LogP contribution in [0.15, 0.2) is 9.90 Å². The Balaban J connectivity index is 1.89. The van der Waals surface area contributed by atoms with Gasteiger partial charge in [-0.05, 0) is 19.8 Å². The zero-order chi connectivity index (χ0) is 12.1. The first-order valence-corrected chi connectivity index (χ1v) is 6.49. The molecule has 0 atom stereocenters. The highest BCUT2D eigenvalue weighted by Crippen LogP contribution is 2.13. The number of unbranched alkanes of at least 4 members (excludes halogenated alkanes) is 1. The molecule has 0 saturated carbocycles. The molecular weight excluding hydrogens is 238 g/mol. The van der Waals surface area contributed by atoms with Gasteiger partial charge in [0.25, 0.3) is 0 Å². The third-order valence-corrected chi connectivity index (χ3v) is 3.25. The highest BCUT2D eigenvalue weighted by atomic mass is 32.1. The van der Waals surface area contributed by atoms with Crippen LogP contribution in [0.4, 0.5) is 0 Å². The summed E-state index contributed by atoms with van der Waals surface area (Å²) in [5.74, 6) is 1.32. The van der Waals surface area contributed by atoms with E-state index in [0.29, 0.717) is 18.1 Å². The van der Waals surface area contributed by atoms with E-state index in [1.165, 1.54) is 0 Å². The van der Waals surface area contributed by atoms with E-state index in [4.69, 9.17) is 9.63 Å². The van der Waals surface area contributed by atoms with Crippen molar-refractivity contribution in [3.8, 4) is 0 Å². The standard InChI is InChI=1S/C11H15N3O2S/c1-8-7-17-11(12-8)6-9-13-10(16-14-9)4-2-3-5-15/h7,15H,2-6H2,1H3. The minimum atomic E-state index is 0.208. The number of nitrogens with zero attached hydrogens (tertiary/aromatic N) is 3. The maximum Gasteiger partial charge on any atom is 0.226 e. The van der Waals surface area contributed by atoms with E-state index in [1.54, 1.807) is 11.3 Å². The molecule has 2 aromatic heterocycles. The lowest BCUT2D eigenvalue weighted by atomic mass is 10.2. The Morgan fingerprint density at radius 2 is 2.24 bits per heavy atom. The van der Waals surface area contributed by atoms with Crippen LogP contribution in [0.25, 0.3) is 0 Å². The fourth-order valence-electron chi connectivity index (χ4n) is 1.47. The third-order valence-electron chi connectivity index (χ3n) is 2.28. The van der Waals surface area contributed by atoms with Crippen molar-refractivity contribution in [2.24, 2.45) is 0 Å². The third kappa shape index (κ3) is 3.61. The molecule has 0 saturated heterocycles. The molecule has 0 radical (unpaired) electrons. The number of rotatable bonds is 6. The Hall–Kier alpha value is -1.27. The molecule has 0 unspecified atom stereocenters. The van der Waals surface area contributed by atoms with E-state index >= 15 is 0 Å². The minimum absolute atomic E-state index is 0.208. The zero-order valence-electron chi connectivity index (χ0n) is 9.72. The van der Waals surface area contributed by atoms with Crippen LogP contribution in [0, 0.1) is 6.92 Å². The van der Waals surface area contributed by atoms with Crippen molar-refractivity contribution in [3.63, 3.8) is 0 Å². The molecule has 2 aromatic rings. The summed E-state index contributed by atoms with van der Waals surface area (Å²) >= 11 is 1.61. The van der Waals surface area contributed by atoms with Crippen molar-refractivity contribution in [3.05, 3.63) is 27.8 Å². The Morgan fingerprint density at radius 3 is 2.94 bits per heavy atom. The van der Waals surface area contributed by atoms with Gasteiger partial charge in [0, 0.05) is 24.1 Å². The van der Waals surface area contributed by atoms with Gasteiger partial charge in [0.2, 0.25) is 5.89 Å². The highest BCUT2D eigenvalue weighted by Gasteiger charge is 2.08. The van der Waals surface area contributed by atoms with Gasteiger partial charge in [0.05, 0.1) is 6.42 Å². The van der Waals surface area contributed by atoms with Gasteiger partial charge >= 0.3 is 0 Å². The monoisotopic (exact) mass is 253 g/mol. The van der Waals surface area contributed by atoms with Crippen molar-refractivity contribution < 1.29 is 9.63 Å². The molecule has 0 aliphatic carbocycles. The van der Waals surface area contributed by atoms with Crippen LogP contribution in [0.5, 0.6) is 0 Å². The number of aryl methyl sites for hydroxylation is 2. The number of aliphatic hydroxyl groups is 1. The van der Waals surface area contributed by atoms with E-state index in [0.717, 1.165) is 30.0 Å². The van der Waals surface area contributed by atoms with Crippen LogP contribution in [0.3, 0.4) is 0 Å². The zero-order valence-corrected chi connectivity index (χ0v) is 10.5. The average molecular weight is 253 g/mol. The van der Waals surface area contributed by atoms with Crippen LogP contribution >= 0.6 is 11.3 Å². The molecule has 0 fully saturated rings. The summed E-state index contributed by atoms with van der Waals surface area (Å²) in [5, 5.41) is 15.6. The second-order valence-corrected chi connectivity index (χ2v) is 4.79. The maximum absolute atomic E-state index is 8.67. The lowest BCUT2D eigenvalue weighted by Crippen LogP contribution is -1.92. The predicted octanol–water partition coefficient (Wildman–Crippen LogP) is 1.74. The van der Waals surface area contributed by atoms with Gasteiger partial charge in [-0.1, -0.05) is 5.16 Å². The molecule has 1 N–H and O–H groups in total. The number of aliphatic hydroxyl groups excluding tert-OH is 1.